The van der Waals surface area contributed by atoms with Crippen molar-refractivity contribution in [1.82, 2.24) is 0 Å². The van der Waals surface area contributed by atoms with E-state index in [1.165, 1.54) is 0 Å². The average Bonchev–Trinajstić information content (AvgIpc) is 2.64. The van der Waals surface area contributed by atoms with Gasteiger partial charge in [-0.3, -0.25) is 4.79 Å². The molecule has 0 unspecified atom stereocenters. The number of ether oxygens (including phenoxy) is 5. The number of rotatable bonds is 13. The van der Waals surface area contributed by atoms with E-state index in [1.54, 1.807) is 27.2 Å². The molecular formula is C20H36O7. The summed E-state index contributed by atoms with van der Waals surface area (Å²) in [7, 11) is 3.21. The number of aliphatic hydroxyl groups is 1. The lowest BCUT2D eigenvalue weighted by atomic mass is 9.92. The molecule has 1 fully saturated rings. The fourth-order valence-electron chi connectivity index (χ4n) is 3.28. The van der Waals surface area contributed by atoms with E-state index in [-0.39, 0.29) is 49.5 Å². The molecule has 0 aromatic heterocycles. The molecule has 0 spiro atoms. The van der Waals surface area contributed by atoms with Crippen molar-refractivity contribution in [1.29, 1.82) is 0 Å². The molecule has 1 rings (SSSR count). The van der Waals surface area contributed by atoms with E-state index in [2.05, 4.69) is 6.58 Å². The Balaban J connectivity index is 2.67. The molecule has 27 heavy (non-hydrogen) atoms. The normalized spacial score (nSPS) is 26.2. The Kier molecular flexibility index (Phi) is 11.8. The number of hydrogen-bond donors (Lipinski definition) is 1. The molecule has 1 N–H and O–H groups in total. The van der Waals surface area contributed by atoms with Crippen molar-refractivity contribution in [3.8, 4) is 0 Å². The van der Waals surface area contributed by atoms with Gasteiger partial charge in [0.15, 0.2) is 0 Å². The first-order chi connectivity index (χ1) is 12.9. The van der Waals surface area contributed by atoms with Gasteiger partial charge in [0.25, 0.3) is 0 Å². The maximum atomic E-state index is 11.8. The predicted octanol–water partition coefficient (Wildman–Crippen LogP) is 2.45. The third kappa shape index (κ3) is 9.17. The van der Waals surface area contributed by atoms with Crippen LogP contribution in [0.1, 0.15) is 46.0 Å². The summed E-state index contributed by atoms with van der Waals surface area (Å²) in [5.41, 5.74) is 0. The van der Waals surface area contributed by atoms with Crippen molar-refractivity contribution in [3.05, 3.63) is 12.7 Å². The molecule has 0 aromatic carbocycles. The maximum absolute atomic E-state index is 11.8. The second kappa shape index (κ2) is 13.2. The fraction of sp³-hybridized carbons (Fsp3) is 0.850. The van der Waals surface area contributed by atoms with Crippen LogP contribution in [0.3, 0.4) is 0 Å². The molecule has 7 nitrogen and oxygen atoms in total. The van der Waals surface area contributed by atoms with Crippen LogP contribution >= 0.6 is 0 Å². The first kappa shape index (κ1) is 24.0. The van der Waals surface area contributed by atoms with Crippen LogP contribution in [0.15, 0.2) is 12.7 Å². The van der Waals surface area contributed by atoms with Crippen LogP contribution in [0.25, 0.3) is 0 Å². The molecule has 1 saturated heterocycles. The summed E-state index contributed by atoms with van der Waals surface area (Å²) in [5.74, 6) is -0.281. The second-order valence-corrected chi connectivity index (χ2v) is 7.05. The number of methoxy groups -OCH3 is 2. The highest BCUT2D eigenvalue weighted by Crippen LogP contribution is 2.28. The van der Waals surface area contributed by atoms with Crippen molar-refractivity contribution in [3.63, 3.8) is 0 Å². The number of hydrogen-bond acceptors (Lipinski definition) is 7. The summed E-state index contributed by atoms with van der Waals surface area (Å²) >= 11 is 0. The van der Waals surface area contributed by atoms with Gasteiger partial charge < -0.3 is 28.8 Å². The van der Waals surface area contributed by atoms with Gasteiger partial charge in [0, 0.05) is 33.5 Å². The Bertz CT molecular complexity index is 429. The molecule has 0 aliphatic carbocycles. The molecule has 1 heterocycles. The quantitative estimate of drug-likeness (QED) is 0.295. The summed E-state index contributed by atoms with van der Waals surface area (Å²) in [5, 5.41) is 10.3. The summed E-state index contributed by atoms with van der Waals surface area (Å²) < 4.78 is 27.4. The van der Waals surface area contributed by atoms with Gasteiger partial charge in [-0.2, -0.15) is 0 Å². The number of esters is 1. The molecule has 0 amide bonds. The molecular weight excluding hydrogens is 352 g/mol. The van der Waals surface area contributed by atoms with Gasteiger partial charge in [-0.05, 0) is 19.3 Å². The first-order valence-electron chi connectivity index (χ1n) is 9.68. The molecule has 0 aromatic rings. The number of aliphatic hydroxyl groups excluding tert-OH is 1. The smallest absolute Gasteiger partial charge is 0.308 e. The summed E-state index contributed by atoms with van der Waals surface area (Å²) in [6.45, 7) is 7.98. The zero-order valence-electron chi connectivity index (χ0n) is 17.1. The molecule has 1 aliphatic rings. The van der Waals surface area contributed by atoms with Crippen molar-refractivity contribution in [2.75, 3.05) is 27.6 Å². The highest BCUT2D eigenvalue weighted by Gasteiger charge is 2.33. The molecule has 6 atom stereocenters. The van der Waals surface area contributed by atoms with E-state index >= 15 is 0 Å². The van der Waals surface area contributed by atoms with Crippen molar-refractivity contribution in [2.24, 2.45) is 5.92 Å². The van der Waals surface area contributed by atoms with Crippen LogP contribution in [0.5, 0.6) is 0 Å². The minimum atomic E-state index is -0.521. The van der Waals surface area contributed by atoms with Crippen molar-refractivity contribution in [2.45, 2.75) is 76.5 Å². The number of carbonyl (C=O) groups is 1. The van der Waals surface area contributed by atoms with Gasteiger partial charge in [-0.15, -0.1) is 6.58 Å². The summed E-state index contributed by atoms with van der Waals surface area (Å²) in [6.07, 6.45) is 3.22. The maximum Gasteiger partial charge on any atom is 0.308 e. The lowest BCUT2D eigenvalue weighted by Crippen LogP contribution is -2.40. The third-order valence-electron chi connectivity index (χ3n) is 4.90. The minimum absolute atomic E-state index is 0.00993. The van der Waals surface area contributed by atoms with Crippen molar-refractivity contribution < 1.29 is 33.6 Å². The van der Waals surface area contributed by atoms with Gasteiger partial charge in [0.05, 0.1) is 43.5 Å². The van der Waals surface area contributed by atoms with Gasteiger partial charge in [0.1, 0.15) is 6.79 Å². The van der Waals surface area contributed by atoms with Gasteiger partial charge in [0.2, 0.25) is 0 Å². The molecule has 0 bridgehead atoms. The van der Waals surface area contributed by atoms with Crippen LogP contribution in [-0.2, 0) is 28.5 Å². The van der Waals surface area contributed by atoms with Crippen LogP contribution in [0, 0.1) is 5.92 Å². The van der Waals surface area contributed by atoms with Crippen LogP contribution < -0.4 is 0 Å². The third-order valence-corrected chi connectivity index (χ3v) is 4.90. The van der Waals surface area contributed by atoms with E-state index in [1.807, 2.05) is 6.92 Å². The van der Waals surface area contributed by atoms with E-state index in [0.717, 1.165) is 0 Å². The predicted molar refractivity (Wildman–Crippen MR) is 101 cm³/mol. The standard InChI is InChI=1S/C20H36O7/c1-6-14(3)19(21)11-15(24-5)8-17-9-16(26-13-23-4)10-18(27-17)12-20(22)25-7-2/h6,14-19,21H,1,7-13H2,2-5H3/t14-,15-,16+,17+,18+,19+/m0/s1. The Morgan fingerprint density at radius 1 is 1.33 bits per heavy atom. The van der Waals surface area contributed by atoms with Crippen LogP contribution in [0.2, 0.25) is 0 Å². The fourth-order valence-corrected chi connectivity index (χ4v) is 3.28. The molecule has 1 aliphatic heterocycles. The Morgan fingerprint density at radius 2 is 2.04 bits per heavy atom. The Labute approximate surface area is 163 Å². The van der Waals surface area contributed by atoms with E-state index < -0.39 is 6.10 Å². The van der Waals surface area contributed by atoms with E-state index in [0.29, 0.717) is 32.3 Å². The lowest BCUT2D eigenvalue weighted by molar-refractivity contribution is -0.168. The van der Waals surface area contributed by atoms with E-state index in [9.17, 15) is 9.90 Å². The van der Waals surface area contributed by atoms with Crippen molar-refractivity contribution >= 4 is 5.97 Å². The van der Waals surface area contributed by atoms with Crippen LogP contribution in [0.4, 0.5) is 0 Å². The monoisotopic (exact) mass is 388 g/mol. The van der Waals surface area contributed by atoms with Gasteiger partial charge in [-0.1, -0.05) is 13.0 Å². The SMILES string of the molecule is C=C[C@H](C)[C@H](O)C[C@H](C[C@@H]1C[C@@H](OCOC)C[C@H](CC(=O)OCC)O1)OC. The van der Waals surface area contributed by atoms with E-state index in [4.69, 9.17) is 23.7 Å². The molecule has 158 valence electrons. The molecule has 7 heteroatoms. The number of carbonyl (C=O) groups excluding carboxylic acids is 1. The molecule has 0 saturated carbocycles. The second-order valence-electron chi connectivity index (χ2n) is 7.05. The summed E-state index contributed by atoms with van der Waals surface area (Å²) in [4.78, 5) is 11.8. The average molecular weight is 389 g/mol. The Morgan fingerprint density at radius 3 is 2.63 bits per heavy atom. The zero-order chi connectivity index (χ0) is 20.2. The van der Waals surface area contributed by atoms with Crippen LogP contribution in [-0.4, -0.2) is 69.2 Å². The summed E-state index contributed by atoms with van der Waals surface area (Å²) in [6, 6.07) is 0. The minimum Gasteiger partial charge on any atom is -0.466 e. The topological polar surface area (TPSA) is 83.5 Å². The molecule has 0 radical (unpaired) electrons. The van der Waals surface area contributed by atoms with Gasteiger partial charge in [-0.25, -0.2) is 0 Å². The largest absolute Gasteiger partial charge is 0.466 e. The highest BCUT2D eigenvalue weighted by molar-refractivity contribution is 5.69. The first-order valence-corrected chi connectivity index (χ1v) is 9.68. The lowest BCUT2D eigenvalue weighted by Gasteiger charge is -2.36. The highest BCUT2D eigenvalue weighted by atomic mass is 16.7. The van der Waals surface area contributed by atoms with Gasteiger partial charge >= 0.3 is 5.97 Å². The Hall–Kier alpha value is -0.990. The zero-order valence-corrected chi connectivity index (χ0v) is 17.1.